The highest BCUT2D eigenvalue weighted by atomic mass is 32.1. The van der Waals surface area contributed by atoms with Crippen LogP contribution in [0.1, 0.15) is 35.3 Å². The molecule has 94 valence electrons. The molecular weight excluding hydrogens is 238 g/mol. The lowest BCUT2D eigenvalue weighted by Crippen LogP contribution is -1.95. The van der Waals surface area contributed by atoms with Crippen LogP contribution in [0.4, 0.5) is 0 Å². The smallest absolute Gasteiger partial charge is 0.328 e. The Balaban J connectivity index is 2.92. The Labute approximate surface area is 105 Å². The monoisotopic (exact) mass is 255 g/mol. The number of methoxy groups -OCH3 is 1. The van der Waals surface area contributed by atoms with Crippen molar-refractivity contribution in [1.82, 2.24) is 4.98 Å². The second kappa shape index (κ2) is 6.51. The predicted octanol–water partition coefficient (Wildman–Crippen LogP) is 2.55. The number of rotatable bonds is 6. The molecule has 17 heavy (non-hydrogen) atoms. The quantitative estimate of drug-likeness (QED) is 0.794. The third-order valence-corrected chi connectivity index (χ3v) is 3.27. The fourth-order valence-electron chi connectivity index (χ4n) is 1.37. The van der Waals surface area contributed by atoms with Crippen LogP contribution in [0.2, 0.25) is 0 Å². The van der Waals surface area contributed by atoms with Gasteiger partial charge in [0.1, 0.15) is 0 Å². The molecule has 0 atom stereocenters. The van der Waals surface area contributed by atoms with E-state index in [0.29, 0.717) is 6.61 Å². The summed E-state index contributed by atoms with van der Waals surface area (Å²) >= 11 is 1.53. The van der Waals surface area contributed by atoms with Crippen molar-refractivity contribution in [2.24, 2.45) is 0 Å². The Bertz CT molecular complexity index is 410. The average molecular weight is 255 g/mol. The molecule has 1 rings (SSSR count). The number of aliphatic carboxylic acids is 1. The summed E-state index contributed by atoms with van der Waals surface area (Å²) in [5, 5.41) is 9.62. The standard InChI is InChI=1S/C12H17NO3S/c1-8(2)12-9(4-5-11(14)15)17-10(13-12)6-7-16-3/h4-5,8H,6-7H2,1-3H3,(H,14,15)/b5-4+. The normalized spacial score (nSPS) is 11.5. The van der Waals surface area contributed by atoms with Crippen molar-refractivity contribution >= 4 is 23.4 Å². The molecule has 0 aliphatic carbocycles. The van der Waals surface area contributed by atoms with Gasteiger partial charge in [-0.1, -0.05) is 13.8 Å². The second-order valence-corrected chi connectivity index (χ2v) is 5.04. The number of nitrogens with zero attached hydrogens (tertiary/aromatic N) is 1. The first-order valence-electron chi connectivity index (χ1n) is 5.44. The summed E-state index contributed by atoms with van der Waals surface area (Å²) in [7, 11) is 1.65. The van der Waals surface area contributed by atoms with E-state index in [-0.39, 0.29) is 5.92 Å². The summed E-state index contributed by atoms with van der Waals surface area (Å²) < 4.78 is 5.01. The lowest BCUT2D eigenvalue weighted by atomic mass is 10.1. The molecule has 0 aromatic carbocycles. The van der Waals surface area contributed by atoms with Gasteiger partial charge in [-0.2, -0.15) is 0 Å². The first kappa shape index (κ1) is 13.9. The van der Waals surface area contributed by atoms with Crippen LogP contribution in [-0.4, -0.2) is 29.8 Å². The van der Waals surface area contributed by atoms with Crippen molar-refractivity contribution in [2.45, 2.75) is 26.2 Å². The number of aromatic nitrogens is 1. The van der Waals surface area contributed by atoms with Gasteiger partial charge in [0.25, 0.3) is 0 Å². The van der Waals surface area contributed by atoms with E-state index < -0.39 is 5.97 Å². The van der Waals surface area contributed by atoms with E-state index in [9.17, 15) is 4.79 Å². The molecule has 0 fully saturated rings. The van der Waals surface area contributed by atoms with Gasteiger partial charge >= 0.3 is 5.97 Å². The summed E-state index contributed by atoms with van der Waals surface area (Å²) in [5.41, 5.74) is 0.957. The number of thiazole rings is 1. The van der Waals surface area contributed by atoms with Crippen LogP contribution < -0.4 is 0 Å². The fraction of sp³-hybridized carbons (Fsp3) is 0.500. The van der Waals surface area contributed by atoms with Gasteiger partial charge in [0.05, 0.1) is 22.2 Å². The highest BCUT2D eigenvalue weighted by Gasteiger charge is 2.12. The Hall–Kier alpha value is -1.20. The molecule has 0 unspecified atom stereocenters. The Kier molecular flexibility index (Phi) is 5.31. The molecule has 0 amide bonds. The number of hydrogen-bond acceptors (Lipinski definition) is 4. The highest BCUT2D eigenvalue weighted by Crippen LogP contribution is 2.26. The van der Waals surface area contributed by atoms with E-state index in [1.54, 1.807) is 13.2 Å². The first-order valence-corrected chi connectivity index (χ1v) is 6.25. The van der Waals surface area contributed by atoms with E-state index in [2.05, 4.69) is 4.98 Å². The maximum absolute atomic E-state index is 10.5. The van der Waals surface area contributed by atoms with Crippen LogP contribution >= 0.6 is 11.3 Å². The zero-order valence-electron chi connectivity index (χ0n) is 10.3. The van der Waals surface area contributed by atoms with E-state index >= 15 is 0 Å². The summed E-state index contributed by atoms with van der Waals surface area (Å²) in [6.07, 6.45) is 3.53. The predicted molar refractivity (Wildman–Crippen MR) is 68.5 cm³/mol. The Morgan fingerprint density at radius 2 is 2.29 bits per heavy atom. The SMILES string of the molecule is COCCc1nc(C(C)C)c(/C=C/C(=O)O)s1. The molecule has 1 aromatic heterocycles. The van der Waals surface area contributed by atoms with E-state index in [1.807, 2.05) is 13.8 Å². The maximum atomic E-state index is 10.5. The molecule has 0 spiro atoms. The van der Waals surface area contributed by atoms with Crippen molar-refractivity contribution in [2.75, 3.05) is 13.7 Å². The highest BCUT2D eigenvalue weighted by molar-refractivity contribution is 7.12. The van der Waals surface area contributed by atoms with Gasteiger partial charge in [-0.15, -0.1) is 11.3 Å². The number of hydrogen-bond donors (Lipinski definition) is 1. The van der Waals surface area contributed by atoms with Gasteiger partial charge < -0.3 is 9.84 Å². The topological polar surface area (TPSA) is 59.4 Å². The number of ether oxygens (including phenoxy) is 1. The average Bonchev–Trinajstić information content (AvgIpc) is 2.67. The van der Waals surface area contributed by atoms with Crippen molar-refractivity contribution in [3.63, 3.8) is 0 Å². The molecule has 0 aliphatic heterocycles. The van der Waals surface area contributed by atoms with Crippen LogP contribution in [0.25, 0.3) is 6.08 Å². The van der Waals surface area contributed by atoms with Crippen LogP contribution in [0.3, 0.4) is 0 Å². The summed E-state index contributed by atoms with van der Waals surface area (Å²) in [6.45, 7) is 4.73. The third-order valence-electron chi connectivity index (χ3n) is 2.17. The lowest BCUT2D eigenvalue weighted by Gasteiger charge is -2.00. The van der Waals surface area contributed by atoms with Gasteiger partial charge in [0, 0.05) is 19.6 Å². The number of carbonyl (C=O) groups is 1. The second-order valence-electron chi connectivity index (χ2n) is 3.93. The van der Waals surface area contributed by atoms with E-state index in [1.165, 1.54) is 11.3 Å². The molecule has 0 bridgehead atoms. The number of carboxylic acids is 1. The molecule has 1 heterocycles. The third kappa shape index (κ3) is 4.28. The molecule has 0 saturated carbocycles. The van der Waals surface area contributed by atoms with Crippen molar-refractivity contribution in [1.29, 1.82) is 0 Å². The molecule has 5 heteroatoms. The Morgan fingerprint density at radius 3 is 2.82 bits per heavy atom. The van der Waals surface area contributed by atoms with Crippen LogP contribution in [0.15, 0.2) is 6.08 Å². The zero-order valence-corrected chi connectivity index (χ0v) is 11.1. The van der Waals surface area contributed by atoms with E-state index in [4.69, 9.17) is 9.84 Å². The summed E-state index contributed by atoms with van der Waals surface area (Å²) in [6, 6.07) is 0. The molecule has 1 N–H and O–H groups in total. The molecule has 4 nitrogen and oxygen atoms in total. The molecule has 0 radical (unpaired) electrons. The first-order chi connectivity index (χ1) is 8.04. The molecule has 1 aromatic rings. The van der Waals surface area contributed by atoms with Crippen LogP contribution in [-0.2, 0) is 16.0 Å². The van der Waals surface area contributed by atoms with Crippen molar-refractivity contribution in [3.05, 3.63) is 21.7 Å². The summed E-state index contributed by atoms with van der Waals surface area (Å²) in [5.74, 6) is -0.650. The molecule has 0 saturated heterocycles. The van der Waals surface area contributed by atoms with Gasteiger partial charge in [-0.25, -0.2) is 9.78 Å². The van der Waals surface area contributed by atoms with E-state index in [0.717, 1.165) is 28.1 Å². The van der Waals surface area contributed by atoms with Gasteiger partial charge in [-0.3, -0.25) is 0 Å². The summed E-state index contributed by atoms with van der Waals surface area (Å²) in [4.78, 5) is 16.0. The minimum absolute atomic E-state index is 0.288. The van der Waals surface area contributed by atoms with Crippen molar-refractivity contribution in [3.8, 4) is 0 Å². The van der Waals surface area contributed by atoms with Crippen LogP contribution in [0.5, 0.6) is 0 Å². The van der Waals surface area contributed by atoms with Gasteiger partial charge in [0.2, 0.25) is 0 Å². The minimum Gasteiger partial charge on any atom is -0.478 e. The largest absolute Gasteiger partial charge is 0.478 e. The van der Waals surface area contributed by atoms with Crippen molar-refractivity contribution < 1.29 is 14.6 Å². The van der Waals surface area contributed by atoms with Gasteiger partial charge in [-0.05, 0) is 12.0 Å². The molecular formula is C12H17NO3S. The minimum atomic E-state index is -0.938. The zero-order chi connectivity index (χ0) is 12.8. The maximum Gasteiger partial charge on any atom is 0.328 e. The van der Waals surface area contributed by atoms with Crippen LogP contribution in [0, 0.1) is 0 Å². The fourth-order valence-corrected chi connectivity index (χ4v) is 2.47. The van der Waals surface area contributed by atoms with Gasteiger partial charge in [0.15, 0.2) is 0 Å². The molecule has 0 aliphatic rings. The number of carboxylic acid groups (broad SMARTS) is 1. The lowest BCUT2D eigenvalue weighted by molar-refractivity contribution is -0.131. The Morgan fingerprint density at radius 1 is 1.59 bits per heavy atom.